The van der Waals surface area contributed by atoms with E-state index in [4.69, 9.17) is 9.72 Å². The fourth-order valence-electron chi connectivity index (χ4n) is 4.10. The van der Waals surface area contributed by atoms with Crippen LogP contribution in [0.4, 0.5) is 5.82 Å². The highest BCUT2D eigenvalue weighted by atomic mass is 16.5. The van der Waals surface area contributed by atoms with Gasteiger partial charge in [0, 0.05) is 43.9 Å². The summed E-state index contributed by atoms with van der Waals surface area (Å²) in [5, 5.41) is 0. The zero-order chi connectivity index (χ0) is 21.8. The molecule has 1 aliphatic rings. The largest absolute Gasteiger partial charge is 0.496 e. The van der Waals surface area contributed by atoms with E-state index in [0.29, 0.717) is 24.4 Å². The van der Waals surface area contributed by atoms with Crippen molar-refractivity contribution in [2.75, 3.05) is 38.2 Å². The molecule has 1 aliphatic heterocycles. The van der Waals surface area contributed by atoms with Crippen molar-refractivity contribution in [3.63, 3.8) is 0 Å². The number of para-hydroxylation sites is 1. The first-order valence-electron chi connectivity index (χ1n) is 10.6. The lowest BCUT2D eigenvalue weighted by Gasteiger charge is -2.36. The third kappa shape index (κ3) is 4.53. The Hall–Kier alpha value is -3.41. The Morgan fingerprint density at radius 2 is 1.61 bits per heavy atom. The number of benzene rings is 2. The van der Waals surface area contributed by atoms with Crippen LogP contribution in [0, 0.1) is 13.8 Å². The molecule has 1 fully saturated rings. The van der Waals surface area contributed by atoms with Gasteiger partial charge in [-0.25, -0.2) is 9.97 Å². The van der Waals surface area contributed by atoms with Gasteiger partial charge in [0.05, 0.1) is 12.7 Å². The van der Waals surface area contributed by atoms with Crippen LogP contribution < -0.4 is 9.64 Å². The molecule has 31 heavy (non-hydrogen) atoms. The Morgan fingerprint density at radius 1 is 0.935 bits per heavy atom. The number of rotatable bonds is 5. The molecule has 3 aromatic rings. The lowest BCUT2D eigenvalue weighted by Crippen LogP contribution is -2.49. The summed E-state index contributed by atoms with van der Waals surface area (Å²) in [4.78, 5) is 26.6. The third-order valence-corrected chi connectivity index (χ3v) is 5.73. The summed E-state index contributed by atoms with van der Waals surface area (Å²) >= 11 is 0. The number of aromatic nitrogens is 2. The molecule has 0 bridgehead atoms. The molecule has 4 rings (SSSR count). The Kier molecular flexibility index (Phi) is 6.16. The van der Waals surface area contributed by atoms with E-state index in [9.17, 15) is 4.79 Å². The number of aryl methyl sites for hydroxylation is 2. The smallest absolute Gasteiger partial charge is 0.257 e. The number of carbonyl (C=O) groups is 1. The van der Waals surface area contributed by atoms with Crippen molar-refractivity contribution in [3.8, 4) is 5.75 Å². The molecule has 0 saturated carbocycles. The summed E-state index contributed by atoms with van der Waals surface area (Å²) in [5.74, 6) is 2.38. The maximum Gasteiger partial charge on any atom is 0.257 e. The molecule has 1 amide bonds. The summed E-state index contributed by atoms with van der Waals surface area (Å²) in [6.45, 7) is 6.74. The molecule has 2 heterocycles. The van der Waals surface area contributed by atoms with Gasteiger partial charge < -0.3 is 14.5 Å². The summed E-state index contributed by atoms with van der Waals surface area (Å²) in [6, 6.07) is 17.8. The average molecular weight is 417 g/mol. The second-order valence-electron chi connectivity index (χ2n) is 7.80. The molecule has 2 aromatic carbocycles. The van der Waals surface area contributed by atoms with E-state index < -0.39 is 0 Å². The number of hydrogen-bond acceptors (Lipinski definition) is 5. The van der Waals surface area contributed by atoms with Crippen LogP contribution in [-0.4, -0.2) is 54.1 Å². The molecule has 0 atom stereocenters. The lowest BCUT2D eigenvalue weighted by molar-refractivity contribution is 0.0743. The first kappa shape index (κ1) is 20.8. The predicted octanol–water partition coefficient (Wildman–Crippen LogP) is 3.66. The van der Waals surface area contributed by atoms with Gasteiger partial charge in [-0.1, -0.05) is 42.5 Å². The molecular weight excluding hydrogens is 388 g/mol. The normalized spacial score (nSPS) is 13.9. The SMILES string of the molecule is COc1ccccc1C(=O)N1CCN(c2nc(C)nc(C)c2Cc2ccccc2)CC1. The Morgan fingerprint density at radius 3 is 2.32 bits per heavy atom. The van der Waals surface area contributed by atoms with Crippen molar-refractivity contribution in [1.29, 1.82) is 0 Å². The minimum atomic E-state index is 0.0108. The molecule has 0 radical (unpaired) electrons. The molecule has 6 nitrogen and oxygen atoms in total. The molecule has 0 N–H and O–H groups in total. The highest BCUT2D eigenvalue weighted by Gasteiger charge is 2.26. The van der Waals surface area contributed by atoms with Crippen LogP contribution in [0.2, 0.25) is 0 Å². The van der Waals surface area contributed by atoms with Gasteiger partial charge in [-0.15, -0.1) is 0 Å². The van der Waals surface area contributed by atoms with Crippen molar-refractivity contribution in [2.45, 2.75) is 20.3 Å². The molecule has 1 saturated heterocycles. The van der Waals surface area contributed by atoms with Gasteiger partial charge in [0.1, 0.15) is 17.4 Å². The van der Waals surface area contributed by atoms with Crippen LogP contribution >= 0.6 is 0 Å². The number of nitrogens with zero attached hydrogens (tertiary/aromatic N) is 4. The van der Waals surface area contributed by atoms with E-state index >= 15 is 0 Å². The maximum absolute atomic E-state index is 13.0. The van der Waals surface area contributed by atoms with Gasteiger partial charge in [0.25, 0.3) is 5.91 Å². The van der Waals surface area contributed by atoms with E-state index in [0.717, 1.165) is 42.4 Å². The van der Waals surface area contributed by atoms with Gasteiger partial charge in [0.15, 0.2) is 0 Å². The van der Waals surface area contributed by atoms with Crippen LogP contribution in [0.3, 0.4) is 0 Å². The molecule has 160 valence electrons. The standard InChI is InChI=1S/C25H28N4O2/c1-18-22(17-20-9-5-4-6-10-20)24(27-19(2)26-18)28-13-15-29(16-14-28)25(30)21-11-7-8-12-23(21)31-3/h4-12H,13-17H2,1-3H3. The maximum atomic E-state index is 13.0. The van der Waals surface area contributed by atoms with Gasteiger partial charge in [-0.2, -0.15) is 0 Å². The number of piperazine rings is 1. The first-order valence-corrected chi connectivity index (χ1v) is 10.6. The fraction of sp³-hybridized carbons (Fsp3) is 0.320. The van der Waals surface area contributed by atoms with Crippen LogP contribution in [0.5, 0.6) is 5.75 Å². The van der Waals surface area contributed by atoms with Crippen molar-refractivity contribution >= 4 is 11.7 Å². The van der Waals surface area contributed by atoms with Crippen LogP contribution in [0.15, 0.2) is 54.6 Å². The predicted molar refractivity (Wildman–Crippen MR) is 122 cm³/mol. The number of ether oxygens (including phenoxy) is 1. The molecule has 1 aromatic heterocycles. The topological polar surface area (TPSA) is 58.6 Å². The summed E-state index contributed by atoms with van der Waals surface area (Å²) < 4.78 is 5.37. The summed E-state index contributed by atoms with van der Waals surface area (Å²) in [5.41, 5.74) is 4.02. The fourth-order valence-corrected chi connectivity index (χ4v) is 4.10. The highest BCUT2D eigenvalue weighted by molar-refractivity contribution is 5.97. The first-order chi connectivity index (χ1) is 15.1. The quantitative estimate of drug-likeness (QED) is 0.635. The monoisotopic (exact) mass is 416 g/mol. The molecule has 0 unspecified atom stereocenters. The second-order valence-corrected chi connectivity index (χ2v) is 7.80. The third-order valence-electron chi connectivity index (χ3n) is 5.73. The van der Waals surface area contributed by atoms with Gasteiger partial charge in [-0.3, -0.25) is 4.79 Å². The Bertz CT molecular complexity index is 1060. The van der Waals surface area contributed by atoms with Gasteiger partial charge in [-0.05, 0) is 31.5 Å². The number of hydrogen-bond donors (Lipinski definition) is 0. The minimum absolute atomic E-state index is 0.0108. The van der Waals surface area contributed by atoms with E-state index in [1.807, 2.05) is 42.2 Å². The number of amides is 1. The molecule has 0 spiro atoms. The van der Waals surface area contributed by atoms with E-state index in [-0.39, 0.29) is 5.91 Å². The van der Waals surface area contributed by atoms with E-state index in [1.165, 1.54) is 5.56 Å². The minimum Gasteiger partial charge on any atom is -0.496 e. The number of methoxy groups -OCH3 is 1. The van der Waals surface area contributed by atoms with Crippen LogP contribution in [0.1, 0.15) is 33.0 Å². The summed E-state index contributed by atoms with van der Waals surface area (Å²) in [6.07, 6.45) is 0.794. The highest BCUT2D eigenvalue weighted by Crippen LogP contribution is 2.26. The number of carbonyl (C=O) groups excluding carboxylic acids is 1. The zero-order valence-electron chi connectivity index (χ0n) is 18.3. The lowest BCUT2D eigenvalue weighted by atomic mass is 10.0. The van der Waals surface area contributed by atoms with Crippen molar-refractivity contribution in [3.05, 3.63) is 82.8 Å². The van der Waals surface area contributed by atoms with Crippen LogP contribution in [-0.2, 0) is 6.42 Å². The van der Waals surface area contributed by atoms with Gasteiger partial charge >= 0.3 is 0 Å². The number of anilines is 1. The van der Waals surface area contributed by atoms with E-state index in [2.05, 4.69) is 41.1 Å². The molecule has 0 aliphatic carbocycles. The molecular formula is C25H28N4O2. The van der Waals surface area contributed by atoms with Crippen molar-refractivity contribution in [2.24, 2.45) is 0 Å². The van der Waals surface area contributed by atoms with Crippen LogP contribution in [0.25, 0.3) is 0 Å². The van der Waals surface area contributed by atoms with E-state index in [1.54, 1.807) is 7.11 Å². The Balaban J connectivity index is 1.53. The van der Waals surface area contributed by atoms with Gasteiger partial charge in [0.2, 0.25) is 0 Å². The zero-order valence-corrected chi connectivity index (χ0v) is 18.3. The average Bonchev–Trinajstić information content (AvgIpc) is 2.81. The summed E-state index contributed by atoms with van der Waals surface area (Å²) in [7, 11) is 1.60. The van der Waals surface area contributed by atoms with Crippen molar-refractivity contribution in [1.82, 2.24) is 14.9 Å². The van der Waals surface area contributed by atoms with Crippen molar-refractivity contribution < 1.29 is 9.53 Å². The second kappa shape index (κ2) is 9.16. The Labute approximate surface area is 183 Å². The molecule has 6 heteroatoms.